The monoisotopic (exact) mass is 290 g/mol. The van der Waals surface area contributed by atoms with Crippen LogP contribution in [-0.2, 0) is 0 Å². The van der Waals surface area contributed by atoms with Gasteiger partial charge in [0.2, 0.25) is 0 Å². The lowest BCUT2D eigenvalue weighted by Crippen LogP contribution is -2.16. The van der Waals surface area contributed by atoms with E-state index in [9.17, 15) is 13.2 Å². The van der Waals surface area contributed by atoms with Gasteiger partial charge in [-0.05, 0) is 29.3 Å². The van der Waals surface area contributed by atoms with Crippen molar-refractivity contribution in [3.63, 3.8) is 0 Å². The summed E-state index contributed by atoms with van der Waals surface area (Å²) in [6.07, 6.45) is -1.39. The summed E-state index contributed by atoms with van der Waals surface area (Å²) in [5.41, 5.74) is 1.68. The van der Waals surface area contributed by atoms with Crippen LogP contribution in [0.1, 0.15) is 0 Å². The first-order chi connectivity index (χ1) is 10.0. The average molecular weight is 290 g/mol. The Labute approximate surface area is 118 Å². The molecule has 3 nitrogen and oxygen atoms in total. The van der Waals surface area contributed by atoms with Gasteiger partial charge in [0.1, 0.15) is 5.75 Å². The molecule has 0 N–H and O–H groups in total. The molecule has 0 aliphatic carbocycles. The number of nitrogens with zero attached hydrogens (tertiary/aromatic N) is 2. The molecule has 0 saturated carbocycles. The maximum atomic E-state index is 12.1. The maximum absolute atomic E-state index is 12.1. The third kappa shape index (κ3) is 3.10. The SMILES string of the molecule is FC(F)(F)Oc1ccc(-c2ccc3cnncc3c2)cc1. The molecule has 106 valence electrons. The lowest BCUT2D eigenvalue weighted by atomic mass is 10.0. The van der Waals surface area contributed by atoms with Crippen molar-refractivity contribution in [2.75, 3.05) is 0 Å². The summed E-state index contributed by atoms with van der Waals surface area (Å²) in [5, 5.41) is 9.46. The second-order valence-electron chi connectivity index (χ2n) is 4.41. The van der Waals surface area contributed by atoms with Crippen molar-refractivity contribution in [2.45, 2.75) is 6.36 Å². The van der Waals surface area contributed by atoms with Crippen LogP contribution in [0.2, 0.25) is 0 Å². The minimum absolute atomic E-state index is 0.238. The molecule has 1 heterocycles. The highest BCUT2D eigenvalue weighted by molar-refractivity contribution is 5.86. The van der Waals surface area contributed by atoms with Crippen molar-refractivity contribution in [3.05, 3.63) is 54.9 Å². The topological polar surface area (TPSA) is 35.0 Å². The molecule has 3 aromatic rings. The summed E-state index contributed by atoms with van der Waals surface area (Å²) in [4.78, 5) is 0. The van der Waals surface area contributed by atoms with Crippen LogP contribution in [-0.4, -0.2) is 16.6 Å². The van der Waals surface area contributed by atoms with E-state index in [4.69, 9.17) is 0 Å². The Kier molecular flexibility index (Phi) is 3.21. The second-order valence-corrected chi connectivity index (χ2v) is 4.41. The zero-order valence-electron chi connectivity index (χ0n) is 10.6. The summed E-state index contributed by atoms with van der Waals surface area (Å²) in [5.74, 6) is -0.238. The van der Waals surface area contributed by atoms with Crippen LogP contribution in [0.15, 0.2) is 54.9 Å². The molecule has 3 rings (SSSR count). The summed E-state index contributed by atoms with van der Waals surface area (Å²) in [7, 11) is 0. The van der Waals surface area contributed by atoms with E-state index in [1.165, 1.54) is 12.1 Å². The van der Waals surface area contributed by atoms with Gasteiger partial charge >= 0.3 is 6.36 Å². The molecule has 6 heteroatoms. The number of hydrogen-bond donors (Lipinski definition) is 0. The van der Waals surface area contributed by atoms with Crippen molar-refractivity contribution in [2.24, 2.45) is 0 Å². The molecule has 0 aliphatic heterocycles. The lowest BCUT2D eigenvalue weighted by Gasteiger charge is -2.09. The molecule has 0 fully saturated rings. The third-order valence-electron chi connectivity index (χ3n) is 2.97. The molecule has 0 atom stereocenters. The Morgan fingerprint density at radius 3 is 2.05 bits per heavy atom. The first kappa shape index (κ1) is 13.4. The normalized spacial score (nSPS) is 11.6. The van der Waals surface area contributed by atoms with Crippen molar-refractivity contribution >= 4 is 10.8 Å². The molecule has 0 radical (unpaired) electrons. The number of hydrogen-bond acceptors (Lipinski definition) is 3. The lowest BCUT2D eigenvalue weighted by molar-refractivity contribution is -0.274. The van der Waals surface area contributed by atoms with Crippen molar-refractivity contribution in [3.8, 4) is 16.9 Å². The van der Waals surface area contributed by atoms with E-state index in [-0.39, 0.29) is 5.75 Å². The second kappa shape index (κ2) is 5.05. The average Bonchev–Trinajstić information content (AvgIpc) is 2.46. The van der Waals surface area contributed by atoms with Gasteiger partial charge in [-0.3, -0.25) is 0 Å². The summed E-state index contributed by atoms with van der Waals surface area (Å²) in [6.45, 7) is 0. The first-order valence-corrected chi connectivity index (χ1v) is 6.08. The van der Waals surface area contributed by atoms with E-state index in [0.29, 0.717) is 0 Å². The molecule has 0 saturated heterocycles. The fourth-order valence-electron chi connectivity index (χ4n) is 2.02. The van der Waals surface area contributed by atoms with Crippen LogP contribution in [0.4, 0.5) is 13.2 Å². The Hall–Kier alpha value is -2.63. The van der Waals surface area contributed by atoms with Gasteiger partial charge < -0.3 is 4.74 Å². The molecule has 0 spiro atoms. The van der Waals surface area contributed by atoms with E-state index in [1.54, 1.807) is 24.5 Å². The van der Waals surface area contributed by atoms with E-state index >= 15 is 0 Å². The third-order valence-corrected chi connectivity index (χ3v) is 2.97. The molecule has 0 aliphatic rings. The first-order valence-electron chi connectivity index (χ1n) is 6.08. The fourth-order valence-corrected chi connectivity index (χ4v) is 2.02. The number of fused-ring (bicyclic) bond motifs is 1. The molecule has 0 bridgehead atoms. The Morgan fingerprint density at radius 2 is 1.38 bits per heavy atom. The molecule has 0 unspecified atom stereocenters. The van der Waals surface area contributed by atoms with Crippen molar-refractivity contribution in [1.29, 1.82) is 0 Å². The van der Waals surface area contributed by atoms with Crippen LogP contribution < -0.4 is 4.74 Å². The van der Waals surface area contributed by atoms with E-state index in [1.807, 2.05) is 18.2 Å². The van der Waals surface area contributed by atoms with E-state index < -0.39 is 6.36 Å². The Bertz CT molecular complexity index is 770. The van der Waals surface area contributed by atoms with Crippen LogP contribution in [0.3, 0.4) is 0 Å². The zero-order chi connectivity index (χ0) is 14.9. The molecular weight excluding hydrogens is 281 g/mol. The van der Waals surface area contributed by atoms with Crippen LogP contribution in [0.25, 0.3) is 21.9 Å². The predicted octanol–water partition coefficient (Wildman–Crippen LogP) is 4.20. The number of aromatic nitrogens is 2. The van der Waals surface area contributed by atoms with Gasteiger partial charge in [-0.1, -0.05) is 24.3 Å². The fraction of sp³-hybridized carbons (Fsp3) is 0.0667. The van der Waals surface area contributed by atoms with Gasteiger partial charge in [-0.15, -0.1) is 13.2 Å². The summed E-state index contributed by atoms with van der Waals surface area (Å²) >= 11 is 0. The van der Waals surface area contributed by atoms with Crippen molar-refractivity contribution in [1.82, 2.24) is 10.2 Å². The van der Waals surface area contributed by atoms with Crippen LogP contribution in [0, 0.1) is 0 Å². The quantitative estimate of drug-likeness (QED) is 0.709. The Morgan fingerprint density at radius 1 is 0.762 bits per heavy atom. The summed E-state index contributed by atoms with van der Waals surface area (Å²) in [6, 6.07) is 11.4. The largest absolute Gasteiger partial charge is 0.573 e. The van der Waals surface area contributed by atoms with E-state index in [2.05, 4.69) is 14.9 Å². The molecular formula is C15H9F3N2O. The van der Waals surface area contributed by atoms with Gasteiger partial charge in [0.15, 0.2) is 0 Å². The maximum Gasteiger partial charge on any atom is 0.573 e. The number of rotatable bonds is 2. The molecule has 2 aromatic carbocycles. The summed E-state index contributed by atoms with van der Waals surface area (Å²) < 4.78 is 40.2. The number of alkyl halides is 3. The van der Waals surface area contributed by atoms with Crippen LogP contribution in [0.5, 0.6) is 5.75 Å². The van der Waals surface area contributed by atoms with Gasteiger partial charge in [-0.25, -0.2) is 0 Å². The molecule has 1 aromatic heterocycles. The van der Waals surface area contributed by atoms with Crippen molar-refractivity contribution < 1.29 is 17.9 Å². The Balaban J connectivity index is 1.91. The highest BCUT2D eigenvalue weighted by Gasteiger charge is 2.30. The molecule has 21 heavy (non-hydrogen) atoms. The van der Waals surface area contributed by atoms with Gasteiger partial charge in [0.25, 0.3) is 0 Å². The smallest absolute Gasteiger partial charge is 0.406 e. The molecule has 0 amide bonds. The number of benzene rings is 2. The predicted molar refractivity (Wildman–Crippen MR) is 71.7 cm³/mol. The number of ether oxygens (including phenoxy) is 1. The highest BCUT2D eigenvalue weighted by atomic mass is 19.4. The highest BCUT2D eigenvalue weighted by Crippen LogP contribution is 2.28. The van der Waals surface area contributed by atoms with E-state index in [0.717, 1.165) is 21.9 Å². The minimum Gasteiger partial charge on any atom is -0.406 e. The van der Waals surface area contributed by atoms with Gasteiger partial charge in [0.05, 0.1) is 12.4 Å². The minimum atomic E-state index is -4.68. The van der Waals surface area contributed by atoms with Gasteiger partial charge in [-0.2, -0.15) is 10.2 Å². The number of halogens is 3. The van der Waals surface area contributed by atoms with Gasteiger partial charge in [0, 0.05) is 10.8 Å². The zero-order valence-corrected chi connectivity index (χ0v) is 10.6. The standard InChI is InChI=1S/C15H9F3N2O/c16-15(17,18)21-14-5-3-10(4-6-14)11-1-2-12-8-19-20-9-13(12)7-11/h1-9H. The van der Waals surface area contributed by atoms with Crippen LogP contribution >= 0.6 is 0 Å².